The predicted molar refractivity (Wildman–Crippen MR) is 79.0 cm³/mol. The highest BCUT2D eigenvalue weighted by Crippen LogP contribution is 2.50. The first-order valence-electron chi connectivity index (χ1n) is 6.87. The Labute approximate surface area is 119 Å². The average Bonchev–Trinajstić information content (AvgIpc) is 3.21. The first kappa shape index (κ1) is 12.9. The molecule has 1 heterocycles. The molecular weight excluding hydrogens is 258 g/mol. The summed E-state index contributed by atoms with van der Waals surface area (Å²) in [5.41, 5.74) is 1.09. The van der Waals surface area contributed by atoms with E-state index in [-0.39, 0.29) is 11.3 Å². The second-order valence-corrected chi connectivity index (χ2v) is 5.87. The number of para-hydroxylation sites is 2. The number of hydrogen-bond donors (Lipinski definition) is 1. The molecule has 0 radical (unpaired) electrons. The molecule has 0 N–H and O–H groups in total. The second-order valence-electron chi connectivity index (χ2n) is 5.55. The predicted octanol–water partition coefficient (Wildman–Crippen LogP) is 2.90. The van der Waals surface area contributed by atoms with Gasteiger partial charge in [0, 0.05) is 13.0 Å². The van der Waals surface area contributed by atoms with Gasteiger partial charge in [-0.25, -0.2) is 0 Å². The molecule has 4 heteroatoms. The largest absolute Gasteiger partial charge is 0.491 e. The lowest BCUT2D eigenvalue weighted by atomic mass is 10.0. The normalized spacial score (nSPS) is 20.2. The SMILES string of the molecule is O=C(CC1(CS)CC1)N1CCCOc2ccccc21. The molecule has 3 nitrogen and oxygen atoms in total. The van der Waals surface area contributed by atoms with Crippen molar-refractivity contribution in [2.24, 2.45) is 5.41 Å². The van der Waals surface area contributed by atoms with Crippen LogP contribution in [-0.4, -0.2) is 24.8 Å². The maximum absolute atomic E-state index is 12.6. The number of amides is 1. The Hall–Kier alpha value is -1.16. The lowest BCUT2D eigenvalue weighted by Crippen LogP contribution is -2.33. The fourth-order valence-corrected chi connectivity index (χ4v) is 3.00. The molecule has 1 amide bonds. The number of carbonyl (C=O) groups is 1. The third-order valence-electron chi connectivity index (χ3n) is 4.06. The van der Waals surface area contributed by atoms with Gasteiger partial charge in [0.15, 0.2) is 0 Å². The van der Waals surface area contributed by atoms with E-state index in [0.717, 1.165) is 43.0 Å². The molecule has 0 bridgehead atoms. The van der Waals surface area contributed by atoms with E-state index < -0.39 is 0 Å². The molecule has 1 aromatic rings. The second kappa shape index (κ2) is 5.08. The van der Waals surface area contributed by atoms with Gasteiger partial charge in [-0.05, 0) is 42.6 Å². The van der Waals surface area contributed by atoms with Crippen LogP contribution in [0.2, 0.25) is 0 Å². The maximum atomic E-state index is 12.6. The fraction of sp³-hybridized carbons (Fsp3) is 0.533. The fourth-order valence-electron chi connectivity index (χ4n) is 2.57. The zero-order valence-electron chi connectivity index (χ0n) is 11.0. The van der Waals surface area contributed by atoms with Crippen molar-refractivity contribution in [1.82, 2.24) is 0 Å². The number of carbonyl (C=O) groups excluding carboxylic acids is 1. The van der Waals surface area contributed by atoms with E-state index in [1.165, 1.54) is 0 Å². The van der Waals surface area contributed by atoms with Gasteiger partial charge in [0.2, 0.25) is 5.91 Å². The average molecular weight is 277 g/mol. The van der Waals surface area contributed by atoms with Crippen LogP contribution >= 0.6 is 12.6 Å². The van der Waals surface area contributed by atoms with Gasteiger partial charge in [-0.15, -0.1) is 0 Å². The van der Waals surface area contributed by atoms with Crippen LogP contribution in [0.25, 0.3) is 0 Å². The van der Waals surface area contributed by atoms with Crippen LogP contribution in [0.15, 0.2) is 24.3 Å². The zero-order valence-corrected chi connectivity index (χ0v) is 11.9. The van der Waals surface area contributed by atoms with Crippen LogP contribution in [0.4, 0.5) is 5.69 Å². The zero-order chi connectivity index (χ0) is 13.3. The van der Waals surface area contributed by atoms with Crippen LogP contribution in [0, 0.1) is 5.41 Å². The van der Waals surface area contributed by atoms with Gasteiger partial charge in [-0.2, -0.15) is 12.6 Å². The third kappa shape index (κ3) is 2.59. The number of anilines is 1. The first-order chi connectivity index (χ1) is 9.24. The van der Waals surface area contributed by atoms with Gasteiger partial charge >= 0.3 is 0 Å². The molecular formula is C15H19NO2S. The minimum atomic E-state index is 0.169. The highest BCUT2D eigenvalue weighted by atomic mass is 32.1. The molecule has 0 aromatic heterocycles. The van der Waals surface area contributed by atoms with E-state index in [4.69, 9.17) is 4.74 Å². The van der Waals surface area contributed by atoms with Crippen molar-refractivity contribution in [3.63, 3.8) is 0 Å². The minimum Gasteiger partial charge on any atom is -0.491 e. The Bertz CT molecular complexity index is 485. The van der Waals surface area contributed by atoms with Crippen molar-refractivity contribution >= 4 is 24.2 Å². The van der Waals surface area contributed by atoms with Crippen LogP contribution in [0.5, 0.6) is 5.75 Å². The first-order valence-corrected chi connectivity index (χ1v) is 7.50. The molecule has 1 saturated carbocycles. The number of benzene rings is 1. The number of thiol groups is 1. The summed E-state index contributed by atoms with van der Waals surface area (Å²) in [7, 11) is 0. The molecule has 3 rings (SSSR count). The topological polar surface area (TPSA) is 29.5 Å². The summed E-state index contributed by atoms with van der Waals surface area (Å²) in [6, 6.07) is 7.81. The smallest absolute Gasteiger partial charge is 0.227 e. The van der Waals surface area contributed by atoms with Crippen molar-refractivity contribution in [3.05, 3.63) is 24.3 Å². The summed E-state index contributed by atoms with van der Waals surface area (Å²) in [4.78, 5) is 14.5. The van der Waals surface area contributed by atoms with Crippen LogP contribution in [0.1, 0.15) is 25.7 Å². The summed E-state index contributed by atoms with van der Waals surface area (Å²) in [6.45, 7) is 1.43. The highest BCUT2D eigenvalue weighted by Gasteiger charge is 2.44. The lowest BCUT2D eigenvalue weighted by Gasteiger charge is -2.24. The number of hydrogen-bond acceptors (Lipinski definition) is 3. The van der Waals surface area contributed by atoms with Crippen molar-refractivity contribution in [2.45, 2.75) is 25.7 Å². The molecule has 1 aliphatic heterocycles. The van der Waals surface area contributed by atoms with E-state index >= 15 is 0 Å². The third-order valence-corrected chi connectivity index (χ3v) is 4.73. The Morgan fingerprint density at radius 3 is 2.89 bits per heavy atom. The van der Waals surface area contributed by atoms with Crippen LogP contribution in [-0.2, 0) is 4.79 Å². The lowest BCUT2D eigenvalue weighted by molar-refractivity contribution is -0.119. The van der Waals surface area contributed by atoms with E-state index in [0.29, 0.717) is 13.0 Å². The number of fused-ring (bicyclic) bond motifs is 1. The standard InChI is InChI=1S/C15H19NO2S/c17-14(10-15(11-19)6-7-15)16-8-3-9-18-13-5-2-1-4-12(13)16/h1-2,4-5,19H,3,6-11H2. The van der Waals surface area contributed by atoms with Gasteiger partial charge in [-0.3, -0.25) is 4.79 Å². The molecule has 0 saturated heterocycles. The summed E-state index contributed by atoms with van der Waals surface area (Å²) >= 11 is 4.38. The number of nitrogens with zero attached hydrogens (tertiary/aromatic N) is 1. The van der Waals surface area contributed by atoms with E-state index in [9.17, 15) is 4.79 Å². The molecule has 102 valence electrons. The molecule has 0 atom stereocenters. The Kier molecular flexibility index (Phi) is 3.44. The van der Waals surface area contributed by atoms with Crippen molar-refractivity contribution < 1.29 is 9.53 Å². The van der Waals surface area contributed by atoms with Crippen LogP contribution < -0.4 is 9.64 Å². The Morgan fingerprint density at radius 2 is 2.16 bits per heavy atom. The number of ether oxygens (including phenoxy) is 1. The highest BCUT2D eigenvalue weighted by molar-refractivity contribution is 7.80. The van der Waals surface area contributed by atoms with E-state index in [1.54, 1.807) is 0 Å². The van der Waals surface area contributed by atoms with Crippen molar-refractivity contribution in [3.8, 4) is 5.75 Å². The number of rotatable bonds is 3. The minimum absolute atomic E-state index is 0.169. The summed E-state index contributed by atoms with van der Waals surface area (Å²) in [5, 5.41) is 0. The van der Waals surface area contributed by atoms with Crippen LogP contribution in [0.3, 0.4) is 0 Å². The quantitative estimate of drug-likeness (QED) is 0.861. The van der Waals surface area contributed by atoms with E-state index in [2.05, 4.69) is 12.6 Å². The van der Waals surface area contributed by atoms with Gasteiger partial charge in [-0.1, -0.05) is 12.1 Å². The van der Waals surface area contributed by atoms with Crippen molar-refractivity contribution in [1.29, 1.82) is 0 Å². The van der Waals surface area contributed by atoms with Gasteiger partial charge in [0.05, 0.1) is 12.3 Å². The molecule has 1 aliphatic carbocycles. The van der Waals surface area contributed by atoms with Gasteiger partial charge in [0.25, 0.3) is 0 Å². The van der Waals surface area contributed by atoms with Crippen molar-refractivity contribution in [2.75, 3.05) is 23.8 Å². The Balaban J connectivity index is 1.81. The molecule has 1 fully saturated rings. The molecule has 0 unspecified atom stereocenters. The summed E-state index contributed by atoms with van der Waals surface area (Å²) in [5.74, 6) is 1.85. The Morgan fingerprint density at radius 1 is 1.37 bits per heavy atom. The van der Waals surface area contributed by atoms with Gasteiger partial charge in [0.1, 0.15) is 5.75 Å². The molecule has 2 aliphatic rings. The maximum Gasteiger partial charge on any atom is 0.227 e. The summed E-state index contributed by atoms with van der Waals surface area (Å²) < 4.78 is 5.69. The molecule has 1 aromatic carbocycles. The monoisotopic (exact) mass is 277 g/mol. The molecule has 0 spiro atoms. The van der Waals surface area contributed by atoms with Gasteiger partial charge < -0.3 is 9.64 Å². The summed E-state index contributed by atoms with van der Waals surface area (Å²) in [6.07, 6.45) is 3.77. The molecule has 19 heavy (non-hydrogen) atoms. The van der Waals surface area contributed by atoms with E-state index in [1.807, 2.05) is 29.2 Å².